The highest BCUT2D eigenvalue weighted by atomic mass is 17.2. The van der Waals surface area contributed by atoms with Gasteiger partial charge in [-0.2, -0.15) is 0 Å². The molecular weight excluding hydrogens is 428 g/mol. The van der Waals surface area contributed by atoms with Gasteiger partial charge < -0.3 is 15.3 Å². The van der Waals surface area contributed by atoms with Crippen LogP contribution < -0.4 is 0 Å². The third-order valence-electron chi connectivity index (χ3n) is 10.7. The summed E-state index contributed by atoms with van der Waals surface area (Å²) >= 11 is 0. The lowest BCUT2D eigenvalue weighted by atomic mass is 9.48. The van der Waals surface area contributed by atoms with E-state index in [1.165, 1.54) is 11.1 Å². The molecule has 3 N–H and O–H groups in total. The van der Waals surface area contributed by atoms with Crippen LogP contribution in [0.25, 0.3) is 0 Å². The van der Waals surface area contributed by atoms with Crippen LogP contribution in [0.2, 0.25) is 0 Å². The third kappa shape index (κ3) is 2.99. The van der Waals surface area contributed by atoms with Gasteiger partial charge in [-0.05, 0) is 79.6 Å². The number of aliphatic hydroxyl groups excluding tert-OH is 1. The van der Waals surface area contributed by atoms with E-state index in [9.17, 15) is 15.3 Å². The van der Waals surface area contributed by atoms with Crippen LogP contribution in [0.15, 0.2) is 23.8 Å². The summed E-state index contributed by atoms with van der Waals surface area (Å²) in [5.41, 5.74) is 0.0133. The molecule has 1 saturated heterocycles. The Labute approximate surface area is 203 Å². The minimum absolute atomic E-state index is 0.0393. The van der Waals surface area contributed by atoms with E-state index in [-0.39, 0.29) is 29.3 Å². The smallest absolute Gasteiger partial charge is 0.134 e. The Balaban J connectivity index is 1.39. The first-order chi connectivity index (χ1) is 16.0. The molecule has 5 heteroatoms. The van der Waals surface area contributed by atoms with Crippen molar-refractivity contribution in [2.24, 2.45) is 40.4 Å². The van der Waals surface area contributed by atoms with E-state index in [1.54, 1.807) is 0 Å². The predicted molar refractivity (Wildman–Crippen MR) is 128 cm³/mol. The molecule has 4 saturated carbocycles. The average molecular weight is 469 g/mol. The van der Waals surface area contributed by atoms with Gasteiger partial charge in [0.25, 0.3) is 0 Å². The normalized spacial score (nSPS) is 52.6. The monoisotopic (exact) mass is 468 g/mol. The number of hydrogen-bond acceptors (Lipinski definition) is 5. The fourth-order valence-electron chi connectivity index (χ4n) is 9.56. The predicted octanol–water partition coefficient (Wildman–Crippen LogP) is 3.93. The maximum atomic E-state index is 12.1. The molecule has 6 rings (SSSR count). The molecule has 0 aromatic carbocycles. The number of hydrogen-bond donors (Lipinski definition) is 3. The number of fused-ring (bicyclic) bond motifs is 6. The lowest BCUT2D eigenvalue weighted by Gasteiger charge is -2.58. The first-order valence-electron chi connectivity index (χ1n) is 13.2. The minimum atomic E-state index is -1.05. The van der Waals surface area contributed by atoms with Crippen LogP contribution in [0.4, 0.5) is 0 Å². The Morgan fingerprint density at radius 1 is 1.18 bits per heavy atom. The van der Waals surface area contributed by atoms with Crippen molar-refractivity contribution in [1.82, 2.24) is 0 Å². The lowest BCUT2D eigenvalue weighted by Crippen LogP contribution is -2.58. The number of allylic oxidation sites excluding steroid dienone is 2. The molecule has 34 heavy (non-hydrogen) atoms. The Kier molecular flexibility index (Phi) is 4.93. The maximum Gasteiger partial charge on any atom is 0.134 e. The second kappa shape index (κ2) is 7.20. The minimum Gasteiger partial charge on any atom is -0.385 e. The van der Waals surface area contributed by atoms with Crippen molar-refractivity contribution in [1.29, 1.82) is 0 Å². The molecule has 6 aliphatic rings. The molecule has 1 heterocycles. The molecule has 0 aromatic rings. The van der Waals surface area contributed by atoms with E-state index in [0.717, 1.165) is 44.9 Å². The second-order valence-corrected chi connectivity index (χ2v) is 13.4. The molecule has 0 bridgehead atoms. The van der Waals surface area contributed by atoms with Crippen molar-refractivity contribution in [2.45, 2.75) is 88.9 Å². The van der Waals surface area contributed by atoms with Gasteiger partial charge in [0, 0.05) is 17.8 Å². The third-order valence-corrected chi connectivity index (χ3v) is 10.7. The van der Waals surface area contributed by atoms with Crippen LogP contribution in [0.3, 0.4) is 0 Å². The quantitative estimate of drug-likeness (QED) is 0.309. The van der Waals surface area contributed by atoms with Crippen molar-refractivity contribution in [3.8, 4) is 11.8 Å². The van der Waals surface area contributed by atoms with E-state index in [4.69, 9.17) is 9.78 Å². The molecule has 1 unspecified atom stereocenters. The molecule has 1 aliphatic heterocycles. The fraction of sp³-hybridized carbons (Fsp3) is 0.793. The van der Waals surface area contributed by atoms with Gasteiger partial charge in [0.15, 0.2) is 0 Å². The molecule has 0 amide bonds. The van der Waals surface area contributed by atoms with Crippen molar-refractivity contribution in [2.75, 3.05) is 13.2 Å². The SMILES string of the molecule is C=C[C@H]1C[C@@]2(C)[C@@H]([C@@H]3C[C@@H]3[C@@]2(O)C#CCO)[C@@H]2CC[C@@]3(O)CC4(CCC3=C21)CC(C)(C)COO4. The van der Waals surface area contributed by atoms with Crippen LogP contribution in [-0.4, -0.2) is 45.3 Å². The van der Waals surface area contributed by atoms with Gasteiger partial charge in [0.05, 0.1) is 12.2 Å². The molecule has 186 valence electrons. The van der Waals surface area contributed by atoms with Gasteiger partial charge in [-0.25, -0.2) is 9.78 Å². The lowest BCUT2D eigenvalue weighted by molar-refractivity contribution is -0.414. The van der Waals surface area contributed by atoms with Gasteiger partial charge in [-0.15, -0.1) is 6.58 Å². The topological polar surface area (TPSA) is 79.2 Å². The van der Waals surface area contributed by atoms with Crippen molar-refractivity contribution < 1.29 is 25.1 Å². The molecule has 5 fully saturated rings. The van der Waals surface area contributed by atoms with Crippen molar-refractivity contribution in [3.63, 3.8) is 0 Å². The highest BCUT2D eigenvalue weighted by Crippen LogP contribution is 2.76. The highest BCUT2D eigenvalue weighted by Gasteiger charge is 2.76. The first-order valence-corrected chi connectivity index (χ1v) is 13.2. The van der Waals surface area contributed by atoms with Crippen LogP contribution in [0.1, 0.15) is 72.1 Å². The first kappa shape index (κ1) is 23.3. The molecule has 0 radical (unpaired) electrons. The number of aliphatic hydroxyl groups is 3. The maximum absolute atomic E-state index is 12.1. The van der Waals surface area contributed by atoms with Gasteiger partial charge >= 0.3 is 0 Å². The molecular formula is C29H40O5. The van der Waals surface area contributed by atoms with Crippen molar-refractivity contribution in [3.05, 3.63) is 23.8 Å². The summed E-state index contributed by atoms with van der Waals surface area (Å²) in [4.78, 5) is 11.5. The van der Waals surface area contributed by atoms with Gasteiger partial charge in [-0.3, -0.25) is 0 Å². The van der Waals surface area contributed by atoms with E-state index < -0.39 is 16.8 Å². The van der Waals surface area contributed by atoms with Gasteiger partial charge in [-0.1, -0.05) is 44.3 Å². The molecule has 1 spiro atoms. The summed E-state index contributed by atoms with van der Waals surface area (Å²) in [5, 5.41) is 33.3. The zero-order chi connectivity index (χ0) is 24.1. The van der Waals surface area contributed by atoms with Gasteiger partial charge in [0.1, 0.15) is 17.8 Å². The second-order valence-electron chi connectivity index (χ2n) is 13.4. The Morgan fingerprint density at radius 3 is 2.68 bits per heavy atom. The summed E-state index contributed by atoms with van der Waals surface area (Å²) in [6.45, 7) is 11.2. The molecule has 9 atom stereocenters. The van der Waals surface area contributed by atoms with Gasteiger partial charge in [0.2, 0.25) is 0 Å². The van der Waals surface area contributed by atoms with Crippen molar-refractivity contribution >= 4 is 0 Å². The Morgan fingerprint density at radius 2 is 1.97 bits per heavy atom. The Hall–Kier alpha value is -1.16. The largest absolute Gasteiger partial charge is 0.385 e. The van der Waals surface area contributed by atoms with Crippen LogP contribution in [-0.2, 0) is 9.78 Å². The molecule has 0 aromatic heterocycles. The van der Waals surface area contributed by atoms with E-state index >= 15 is 0 Å². The summed E-state index contributed by atoms with van der Waals surface area (Å²) in [6.07, 6.45) is 8.71. The number of rotatable bonds is 1. The molecule has 5 aliphatic carbocycles. The van der Waals surface area contributed by atoms with Crippen LogP contribution in [0, 0.1) is 52.3 Å². The van der Waals surface area contributed by atoms with E-state index in [0.29, 0.717) is 30.8 Å². The Bertz CT molecular complexity index is 1000. The summed E-state index contributed by atoms with van der Waals surface area (Å²) in [5.74, 6) is 7.43. The zero-order valence-corrected chi connectivity index (χ0v) is 20.9. The summed E-state index contributed by atoms with van der Waals surface area (Å²) in [6, 6.07) is 0. The summed E-state index contributed by atoms with van der Waals surface area (Å²) < 4.78 is 0. The standard InChI is InChI=1S/C29H40O5/c1-5-18-14-26(4)24(20-13-22(20)29(26,32)9-6-12-30)19-7-11-28(31)16-27(10-8-21(28)23(18)19)15-25(2,3)17-33-34-27/h5,18-20,22,24,30-32H,1,7-8,10-17H2,2-4H3/t18-,19+,20+,22-,24+,26-,27?,28+,29-/m0/s1. The summed E-state index contributed by atoms with van der Waals surface area (Å²) in [7, 11) is 0. The fourth-order valence-corrected chi connectivity index (χ4v) is 9.56. The van der Waals surface area contributed by atoms with Crippen LogP contribution >= 0.6 is 0 Å². The zero-order valence-electron chi connectivity index (χ0n) is 20.9. The highest BCUT2D eigenvalue weighted by molar-refractivity contribution is 5.43. The van der Waals surface area contributed by atoms with E-state index in [1.807, 2.05) is 6.08 Å². The molecule has 5 nitrogen and oxygen atoms in total. The average Bonchev–Trinajstić information content (AvgIpc) is 3.52. The van der Waals surface area contributed by atoms with E-state index in [2.05, 4.69) is 39.2 Å². The van der Waals surface area contributed by atoms with Crippen LogP contribution in [0.5, 0.6) is 0 Å².